The van der Waals surface area contributed by atoms with Crippen molar-refractivity contribution in [2.75, 3.05) is 12.3 Å². The van der Waals surface area contributed by atoms with Crippen LogP contribution in [0.2, 0.25) is 0 Å². The number of thioether (sulfide) groups is 1. The average molecular weight is 401 g/mol. The molecule has 0 bridgehead atoms. The lowest BCUT2D eigenvalue weighted by molar-refractivity contribution is 0.0929. The molecule has 3 aromatic heterocycles. The Hall–Kier alpha value is -2.09. The molecule has 0 unspecified atom stereocenters. The lowest BCUT2D eigenvalue weighted by atomic mass is 10.3. The van der Waals surface area contributed by atoms with E-state index in [9.17, 15) is 4.79 Å². The second-order valence-electron chi connectivity index (χ2n) is 5.54. The van der Waals surface area contributed by atoms with Crippen LogP contribution in [-0.4, -0.2) is 23.2 Å². The predicted molar refractivity (Wildman–Crippen MR) is 110 cm³/mol. The van der Waals surface area contributed by atoms with Crippen molar-refractivity contribution in [3.05, 3.63) is 64.5 Å². The highest BCUT2D eigenvalue weighted by molar-refractivity contribution is 7.98. The number of hydrogen-bond donors (Lipinski definition) is 1. The minimum absolute atomic E-state index is 0.186. The lowest BCUT2D eigenvalue weighted by Crippen LogP contribution is -2.25. The Kier molecular flexibility index (Phi) is 5.38. The van der Waals surface area contributed by atoms with E-state index in [0.29, 0.717) is 18.1 Å². The van der Waals surface area contributed by atoms with E-state index in [0.717, 1.165) is 26.7 Å². The number of nitrogens with one attached hydrogen (secondary N) is 1. The molecule has 0 aliphatic carbocycles. The summed E-state index contributed by atoms with van der Waals surface area (Å²) in [5.74, 6) is 2.62. The summed E-state index contributed by atoms with van der Waals surface area (Å²) in [4.78, 5) is 18.1. The number of thiophene rings is 1. The number of thiazole rings is 1. The van der Waals surface area contributed by atoms with Gasteiger partial charge in [-0.25, -0.2) is 4.98 Å². The third-order valence-corrected chi connectivity index (χ3v) is 6.81. The summed E-state index contributed by atoms with van der Waals surface area (Å²) in [7, 11) is 0. The topological polar surface area (TPSA) is 55.1 Å². The summed E-state index contributed by atoms with van der Waals surface area (Å²) >= 11 is 5.13. The SMILES string of the molecule is O=C(NCCSCc1cccs1)c1ccc(-c2nc3ccccc3s2)o1. The van der Waals surface area contributed by atoms with Crippen LogP contribution >= 0.6 is 34.4 Å². The Bertz CT molecular complexity index is 972. The van der Waals surface area contributed by atoms with Gasteiger partial charge in [-0.1, -0.05) is 18.2 Å². The fourth-order valence-corrected chi connectivity index (χ4v) is 5.07. The zero-order valence-electron chi connectivity index (χ0n) is 13.8. The zero-order valence-corrected chi connectivity index (χ0v) is 16.3. The van der Waals surface area contributed by atoms with E-state index in [1.807, 2.05) is 36.0 Å². The van der Waals surface area contributed by atoms with Crippen LogP contribution < -0.4 is 5.32 Å². The van der Waals surface area contributed by atoms with Gasteiger partial charge in [0.2, 0.25) is 0 Å². The first-order chi connectivity index (χ1) is 12.8. The molecule has 7 heteroatoms. The van der Waals surface area contributed by atoms with Crippen LogP contribution in [0.3, 0.4) is 0 Å². The van der Waals surface area contributed by atoms with E-state index < -0.39 is 0 Å². The number of hydrogen-bond acceptors (Lipinski definition) is 6. The van der Waals surface area contributed by atoms with Gasteiger partial charge in [0.25, 0.3) is 5.91 Å². The normalized spacial score (nSPS) is 11.1. The van der Waals surface area contributed by atoms with Gasteiger partial charge in [-0.15, -0.1) is 22.7 Å². The summed E-state index contributed by atoms with van der Waals surface area (Å²) in [6, 6.07) is 15.6. The largest absolute Gasteiger partial charge is 0.448 e. The smallest absolute Gasteiger partial charge is 0.287 e. The Morgan fingerprint density at radius 3 is 2.92 bits per heavy atom. The molecule has 4 nitrogen and oxygen atoms in total. The minimum atomic E-state index is -0.186. The summed E-state index contributed by atoms with van der Waals surface area (Å²) in [5.41, 5.74) is 0.942. The number of furan rings is 1. The van der Waals surface area contributed by atoms with Crippen molar-refractivity contribution in [3.8, 4) is 10.8 Å². The third kappa shape index (κ3) is 4.00. The van der Waals surface area contributed by atoms with Crippen LogP contribution in [-0.2, 0) is 5.75 Å². The maximum atomic E-state index is 12.2. The summed E-state index contributed by atoms with van der Waals surface area (Å²) in [6.45, 7) is 0.617. The molecule has 3 heterocycles. The van der Waals surface area contributed by atoms with E-state index in [1.54, 1.807) is 34.8 Å². The molecule has 4 aromatic rings. The molecular weight excluding hydrogens is 384 g/mol. The third-order valence-electron chi connectivity index (χ3n) is 3.69. The first-order valence-corrected chi connectivity index (χ1v) is 11.0. The molecule has 26 heavy (non-hydrogen) atoms. The van der Waals surface area contributed by atoms with Crippen molar-refractivity contribution in [2.45, 2.75) is 5.75 Å². The molecule has 0 spiro atoms. The Balaban J connectivity index is 1.31. The van der Waals surface area contributed by atoms with Gasteiger partial charge >= 0.3 is 0 Å². The van der Waals surface area contributed by atoms with Crippen molar-refractivity contribution in [2.24, 2.45) is 0 Å². The lowest BCUT2D eigenvalue weighted by Gasteiger charge is -2.02. The van der Waals surface area contributed by atoms with Crippen LogP contribution in [0.4, 0.5) is 0 Å². The predicted octanol–water partition coefficient (Wildman–Crippen LogP) is 5.28. The molecular formula is C19H16N2O2S3. The molecule has 0 saturated carbocycles. The van der Waals surface area contributed by atoms with Crippen molar-refractivity contribution in [1.29, 1.82) is 0 Å². The van der Waals surface area contributed by atoms with E-state index >= 15 is 0 Å². The second kappa shape index (κ2) is 8.07. The highest BCUT2D eigenvalue weighted by Crippen LogP contribution is 2.31. The van der Waals surface area contributed by atoms with Gasteiger partial charge in [-0.05, 0) is 35.7 Å². The van der Waals surface area contributed by atoms with Gasteiger partial charge in [-0.3, -0.25) is 4.79 Å². The molecule has 0 atom stereocenters. The molecule has 0 saturated heterocycles. The molecule has 132 valence electrons. The van der Waals surface area contributed by atoms with Crippen LogP contribution in [0.25, 0.3) is 21.0 Å². The Morgan fingerprint density at radius 1 is 1.15 bits per heavy atom. The van der Waals surface area contributed by atoms with E-state index in [2.05, 4.69) is 27.8 Å². The van der Waals surface area contributed by atoms with E-state index in [1.165, 1.54) is 4.88 Å². The number of fused-ring (bicyclic) bond motifs is 1. The maximum absolute atomic E-state index is 12.2. The first kappa shape index (κ1) is 17.3. The molecule has 1 amide bonds. The molecule has 0 fully saturated rings. The summed E-state index contributed by atoms with van der Waals surface area (Å²) < 4.78 is 6.81. The van der Waals surface area contributed by atoms with E-state index in [4.69, 9.17) is 4.42 Å². The first-order valence-electron chi connectivity index (χ1n) is 8.14. The number of nitrogens with zero attached hydrogens (tertiary/aromatic N) is 1. The second-order valence-corrected chi connectivity index (χ2v) is 8.71. The zero-order chi connectivity index (χ0) is 17.8. The van der Waals surface area contributed by atoms with Gasteiger partial charge in [0.05, 0.1) is 10.2 Å². The minimum Gasteiger partial charge on any atom is -0.448 e. The average Bonchev–Trinajstić information content (AvgIpc) is 3.40. The van der Waals surface area contributed by atoms with Crippen LogP contribution in [0.1, 0.15) is 15.4 Å². The molecule has 1 N–H and O–H groups in total. The van der Waals surface area contributed by atoms with Gasteiger partial charge < -0.3 is 9.73 Å². The summed E-state index contributed by atoms with van der Waals surface area (Å²) in [6.07, 6.45) is 0. The fourth-order valence-electron chi connectivity index (χ4n) is 2.44. The van der Waals surface area contributed by atoms with Crippen LogP contribution in [0, 0.1) is 0 Å². The summed E-state index contributed by atoms with van der Waals surface area (Å²) in [5, 5.41) is 5.77. The number of amides is 1. The van der Waals surface area contributed by atoms with Crippen molar-refractivity contribution in [3.63, 3.8) is 0 Å². The molecule has 0 radical (unpaired) electrons. The number of rotatable bonds is 7. The highest BCUT2D eigenvalue weighted by Gasteiger charge is 2.14. The van der Waals surface area contributed by atoms with Gasteiger partial charge in [0, 0.05) is 22.9 Å². The number of aromatic nitrogens is 1. The Labute approximate surface area is 163 Å². The van der Waals surface area contributed by atoms with E-state index in [-0.39, 0.29) is 5.91 Å². The van der Waals surface area contributed by atoms with Gasteiger partial charge in [0.1, 0.15) is 0 Å². The quantitative estimate of drug-likeness (QED) is 0.429. The molecule has 0 aliphatic rings. The number of para-hydroxylation sites is 1. The van der Waals surface area contributed by atoms with Crippen molar-refractivity contribution >= 4 is 50.6 Å². The Morgan fingerprint density at radius 2 is 2.08 bits per heavy atom. The fraction of sp³-hybridized carbons (Fsp3) is 0.158. The number of carbonyl (C=O) groups is 1. The number of carbonyl (C=O) groups excluding carboxylic acids is 1. The van der Waals surface area contributed by atoms with Crippen molar-refractivity contribution < 1.29 is 9.21 Å². The highest BCUT2D eigenvalue weighted by atomic mass is 32.2. The maximum Gasteiger partial charge on any atom is 0.287 e. The molecule has 4 rings (SSSR count). The monoisotopic (exact) mass is 400 g/mol. The van der Waals surface area contributed by atoms with Gasteiger partial charge in [0.15, 0.2) is 16.5 Å². The number of benzene rings is 1. The standard InChI is InChI=1S/C19H16N2O2S3/c22-18(20-9-11-24-12-13-4-3-10-25-13)15-7-8-16(23-15)19-21-14-5-1-2-6-17(14)26-19/h1-8,10H,9,11-12H2,(H,20,22). The molecule has 0 aliphatic heterocycles. The van der Waals surface area contributed by atoms with Crippen LogP contribution in [0.5, 0.6) is 0 Å². The van der Waals surface area contributed by atoms with Crippen molar-refractivity contribution in [1.82, 2.24) is 10.3 Å². The van der Waals surface area contributed by atoms with Crippen LogP contribution in [0.15, 0.2) is 58.3 Å². The molecule has 1 aromatic carbocycles. The van der Waals surface area contributed by atoms with Gasteiger partial charge in [-0.2, -0.15) is 11.8 Å².